The maximum absolute atomic E-state index is 12.3. The third kappa shape index (κ3) is 3.36. The Bertz CT molecular complexity index is 506. The van der Waals surface area contributed by atoms with Gasteiger partial charge in [0.15, 0.2) is 0 Å². The Morgan fingerprint density at radius 3 is 3.19 bits per heavy atom. The van der Waals surface area contributed by atoms with Gasteiger partial charge in [-0.05, 0) is 13.0 Å². The molecule has 0 bridgehead atoms. The third-order valence-corrected chi connectivity index (χ3v) is 4.28. The second kappa shape index (κ2) is 6.45. The molecule has 0 saturated carbocycles. The van der Waals surface area contributed by atoms with Crippen LogP contribution in [0.5, 0.6) is 5.75 Å². The molecule has 114 valence electrons. The molecule has 2 aliphatic heterocycles. The summed E-state index contributed by atoms with van der Waals surface area (Å²) < 4.78 is 5.63. The number of carbonyl (C=O) groups is 1. The van der Waals surface area contributed by atoms with E-state index < -0.39 is 0 Å². The van der Waals surface area contributed by atoms with Crippen molar-refractivity contribution in [2.24, 2.45) is 0 Å². The van der Waals surface area contributed by atoms with E-state index in [1.54, 1.807) is 0 Å². The average Bonchev–Trinajstić information content (AvgIpc) is 2.50. The van der Waals surface area contributed by atoms with E-state index in [4.69, 9.17) is 4.74 Å². The van der Waals surface area contributed by atoms with Crippen LogP contribution in [0.2, 0.25) is 0 Å². The standard InChI is InChI=1S/C16H23N3O2/c1-12-10-17-7-8-19(12)11-16(20)18-14-6-9-21-15-5-3-2-4-13(14)15/h2-5,12,14,17H,6-11H2,1H3,(H,18,20)/t12-,14?/m1/s1. The molecule has 0 spiro atoms. The van der Waals surface area contributed by atoms with Crippen LogP contribution in [0, 0.1) is 0 Å². The van der Waals surface area contributed by atoms with Crippen molar-refractivity contribution in [1.29, 1.82) is 0 Å². The van der Waals surface area contributed by atoms with E-state index >= 15 is 0 Å². The molecular formula is C16H23N3O2. The van der Waals surface area contributed by atoms with E-state index in [1.165, 1.54) is 0 Å². The van der Waals surface area contributed by atoms with Crippen LogP contribution in [0.15, 0.2) is 24.3 Å². The van der Waals surface area contributed by atoms with Crippen LogP contribution in [0.4, 0.5) is 0 Å². The number of fused-ring (bicyclic) bond motifs is 1. The molecule has 2 heterocycles. The zero-order chi connectivity index (χ0) is 14.7. The van der Waals surface area contributed by atoms with Crippen LogP contribution < -0.4 is 15.4 Å². The Labute approximate surface area is 125 Å². The summed E-state index contributed by atoms with van der Waals surface area (Å²) in [6, 6.07) is 8.43. The molecule has 3 rings (SSSR count). The Kier molecular flexibility index (Phi) is 4.41. The molecule has 1 unspecified atom stereocenters. The fourth-order valence-corrected chi connectivity index (χ4v) is 3.03. The van der Waals surface area contributed by atoms with E-state index in [-0.39, 0.29) is 11.9 Å². The summed E-state index contributed by atoms with van der Waals surface area (Å²) in [6.07, 6.45) is 0.833. The number of carbonyl (C=O) groups excluding carboxylic acids is 1. The minimum Gasteiger partial charge on any atom is -0.493 e. The number of ether oxygens (including phenoxy) is 1. The molecule has 1 aromatic carbocycles. The van der Waals surface area contributed by atoms with Gasteiger partial charge in [0.25, 0.3) is 0 Å². The first-order valence-corrected chi connectivity index (χ1v) is 7.70. The van der Waals surface area contributed by atoms with Crippen molar-refractivity contribution >= 4 is 5.91 Å². The molecule has 1 saturated heterocycles. The van der Waals surface area contributed by atoms with Crippen LogP contribution in [0.3, 0.4) is 0 Å². The van der Waals surface area contributed by atoms with E-state index in [1.807, 2.05) is 24.3 Å². The largest absolute Gasteiger partial charge is 0.493 e. The number of benzene rings is 1. The van der Waals surface area contributed by atoms with Crippen molar-refractivity contribution in [3.63, 3.8) is 0 Å². The van der Waals surface area contributed by atoms with Crippen molar-refractivity contribution in [3.8, 4) is 5.75 Å². The van der Waals surface area contributed by atoms with Crippen molar-refractivity contribution in [2.75, 3.05) is 32.8 Å². The molecule has 0 aromatic heterocycles. The van der Waals surface area contributed by atoms with Crippen molar-refractivity contribution in [1.82, 2.24) is 15.5 Å². The second-order valence-electron chi connectivity index (χ2n) is 5.82. The predicted octanol–water partition coefficient (Wildman–Crippen LogP) is 0.920. The number of nitrogens with zero attached hydrogens (tertiary/aromatic N) is 1. The third-order valence-electron chi connectivity index (χ3n) is 4.28. The van der Waals surface area contributed by atoms with Crippen molar-refractivity contribution < 1.29 is 9.53 Å². The van der Waals surface area contributed by atoms with Crippen LogP contribution in [-0.4, -0.2) is 49.6 Å². The number of hydrogen-bond donors (Lipinski definition) is 2. The van der Waals surface area contributed by atoms with Crippen molar-refractivity contribution in [2.45, 2.75) is 25.4 Å². The van der Waals surface area contributed by atoms with Gasteiger partial charge in [-0.1, -0.05) is 18.2 Å². The summed E-state index contributed by atoms with van der Waals surface area (Å²) in [5, 5.41) is 6.50. The predicted molar refractivity (Wildman–Crippen MR) is 81.3 cm³/mol. The van der Waals surface area contributed by atoms with Gasteiger partial charge in [0.2, 0.25) is 5.91 Å². The van der Waals surface area contributed by atoms with Crippen molar-refractivity contribution in [3.05, 3.63) is 29.8 Å². The summed E-state index contributed by atoms with van der Waals surface area (Å²) >= 11 is 0. The first-order chi connectivity index (χ1) is 10.2. The topological polar surface area (TPSA) is 53.6 Å². The second-order valence-corrected chi connectivity index (χ2v) is 5.82. The summed E-state index contributed by atoms with van der Waals surface area (Å²) in [4.78, 5) is 14.6. The Morgan fingerprint density at radius 1 is 1.48 bits per heavy atom. The van der Waals surface area contributed by atoms with Gasteiger partial charge < -0.3 is 15.4 Å². The maximum Gasteiger partial charge on any atom is 0.234 e. The van der Waals surface area contributed by atoms with Crippen LogP contribution in [-0.2, 0) is 4.79 Å². The van der Waals surface area contributed by atoms with Gasteiger partial charge in [0.1, 0.15) is 5.75 Å². The molecule has 2 aliphatic rings. The zero-order valence-electron chi connectivity index (χ0n) is 12.5. The lowest BCUT2D eigenvalue weighted by atomic mass is 10.0. The summed E-state index contributed by atoms with van der Waals surface area (Å²) in [7, 11) is 0. The first-order valence-electron chi connectivity index (χ1n) is 7.70. The highest BCUT2D eigenvalue weighted by Gasteiger charge is 2.25. The van der Waals surface area contributed by atoms with Gasteiger partial charge in [-0.2, -0.15) is 0 Å². The van der Waals surface area contributed by atoms with Crippen LogP contribution in [0.25, 0.3) is 0 Å². The van der Waals surface area contributed by atoms with Gasteiger partial charge in [0.05, 0.1) is 19.2 Å². The molecule has 0 aliphatic carbocycles. The zero-order valence-corrected chi connectivity index (χ0v) is 12.5. The van der Waals surface area contributed by atoms with Gasteiger partial charge in [-0.3, -0.25) is 9.69 Å². The van der Waals surface area contributed by atoms with Crippen LogP contribution >= 0.6 is 0 Å². The molecule has 0 radical (unpaired) electrons. The van der Waals surface area contributed by atoms with E-state index in [2.05, 4.69) is 22.5 Å². The van der Waals surface area contributed by atoms with Gasteiger partial charge in [-0.25, -0.2) is 0 Å². The first kappa shape index (κ1) is 14.4. The highest BCUT2D eigenvalue weighted by atomic mass is 16.5. The molecule has 1 fully saturated rings. The van der Waals surface area contributed by atoms with E-state index in [0.29, 0.717) is 19.2 Å². The molecule has 1 amide bonds. The fourth-order valence-electron chi connectivity index (χ4n) is 3.03. The van der Waals surface area contributed by atoms with E-state index in [9.17, 15) is 4.79 Å². The molecule has 2 atom stereocenters. The number of amides is 1. The molecule has 5 nitrogen and oxygen atoms in total. The maximum atomic E-state index is 12.3. The number of rotatable bonds is 3. The van der Waals surface area contributed by atoms with Gasteiger partial charge in [-0.15, -0.1) is 0 Å². The summed E-state index contributed by atoms with van der Waals surface area (Å²) in [6.45, 7) is 6.13. The lowest BCUT2D eigenvalue weighted by molar-refractivity contribution is -0.123. The molecular weight excluding hydrogens is 266 g/mol. The number of para-hydroxylation sites is 1. The number of piperazine rings is 1. The number of hydrogen-bond acceptors (Lipinski definition) is 4. The normalized spacial score (nSPS) is 25.8. The Morgan fingerprint density at radius 2 is 2.33 bits per heavy atom. The molecule has 1 aromatic rings. The minimum absolute atomic E-state index is 0.0701. The fraction of sp³-hybridized carbons (Fsp3) is 0.562. The van der Waals surface area contributed by atoms with Gasteiger partial charge in [0, 0.05) is 37.7 Å². The Balaban J connectivity index is 1.60. The lowest BCUT2D eigenvalue weighted by Crippen LogP contribution is -2.53. The monoisotopic (exact) mass is 289 g/mol. The number of nitrogens with one attached hydrogen (secondary N) is 2. The van der Waals surface area contributed by atoms with E-state index in [0.717, 1.165) is 37.4 Å². The highest BCUT2D eigenvalue weighted by Crippen LogP contribution is 2.31. The molecule has 2 N–H and O–H groups in total. The SMILES string of the molecule is C[C@@H]1CNCCN1CC(=O)NC1CCOc2ccccc21. The van der Waals surface area contributed by atoms with Gasteiger partial charge >= 0.3 is 0 Å². The minimum atomic E-state index is 0.0701. The quantitative estimate of drug-likeness (QED) is 0.869. The molecule has 5 heteroatoms. The highest BCUT2D eigenvalue weighted by molar-refractivity contribution is 5.78. The Hall–Kier alpha value is -1.59. The van der Waals surface area contributed by atoms with Crippen LogP contribution in [0.1, 0.15) is 24.9 Å². The average molecular weight is 289 g/mol. The summed E-state index contributed by atoms with van der Waals surface area (Å²) in [5.41, 5.74) is 1.09. The molecule has 21 heavy (non-hydrogen) atoms. The summed E-state index contributed by atoms with van der Waals surface area (Å²) in [5.74, 6) is 0.995. The lowest BCUT2D eigenvalue weighted by Gasteiger charge is -2.34. The smallest absolute Gasteiger partial charge is 0.234 e.